The van der Waals surface area contributed by atoms with E-state index >= 15 is 0 Å². The number of nitrogens with one attached hydrogen (secondary N) is 2. The van der Waals surface area contributed by atoms with Gasteiger partial charge in [0, 0.05) is 39.1 Å². The maximum atomic E-state index is 11.8. The number of aliphatic imine (C=N–C) groups is 1. The molecule has 1 unspecified atom stereocenters. The normalized spacial score (nSPS) is 17.2. The molecule has 1 heterocycles. The second-order valence-electron chi connectivity index (χ2n) is 6.50. The van der Waals surface area contributed by atoms with Crippen LogP contribution in [0.15, 0.2) is 4.99 Å². The van der Waals surface area contributed by atoms with E-state index in [-0.39, 0.29) is 0 Å². The monoisotopic (exact) mass is 310 g/mol. The van der Waals surface area contributed by atoms with Crippen LogP contribution in [0, 0.1) is 5.92 Å². The number of rotatable bonds is 9. The fraction of sp³-hybridized carbons (Fsp3) is 0.882. The first-order valence-corrected chi connectivity index (χ1v) is 8.82. The summed E-state index contributed by atoms with van der Waals surface area (Å²) >= 11 is 0. The van der Waals surface area contributed by atoms with Crippen molar-refractivity contribution in [1.82, 2.24) is 15.5 Å². The lowest BCUT2D eigenvalue weighted by Crippen LogP contribution is -2.42. The first-order valence-electron chi connectivity index (χ1n) is 8.82. The van der Waals surface area contributed by atoms with Crippen LogP contribution in [0.3, 0.4) is 0 Å². The second kappa shape index (κ2) is 10.5. The van der Waals surface area contributed by atoms with Crippen LogP contribution in [-0.2, 0) is 4.79 Å². The highest BCUT2D eigenvalue weighted by Gasteiger charge is 2.26. The Bertz CT molecular complexity index is 355. The van der Waals surface area contributed by atoms with Crippen LogP contribution in [-0.4, -0.2) is 49.5 Å². The summed E-state index contributed by atoms with van der Waals surface area (Å²) in [5.74, 6) is 1.94. The largest absolute Gasteiger partial charge is 0.356 e. The van der Waals surface area contributed by atoms with Gasteiger partial charge in [-0.15, -0.1) is 0 Å². The number of amides is 1. The zero-order valence-electron chi connectivity index (χ0n) is 14.8. The average molecular weight is 310 g/mol. The van der Waals surface area contributed by atoms with Gasteiger partial charge in [-0.3, -0.25) is 9.79 Å². The molecule has 22 heavy (non-hydrogen) atoms. The van der Waals surface area contributed by atoms with E-state index < -0.39 is 0 Å². The van der Waals surface area contributed by atoms with Crippen LogP contribution in [0.1, 0.15) is 59.3 Å². The Balaban J connectivity index is 2.23. The van der Waals surface area contributed by atoms with Crippen molar-refractivity contribution in [2.45, 2.75) is 65.3 Å². The summed E-state index contributed by atoms with van der Waals surface area (Å²) < 4.78 is 0. The number of carbonyl (C=O) groups is 1. The van der Waals surface area contributed by atoms with Crippen LogP contribution in [0.2, 0.25) is 0 Å². The molecule has 1 aliphatic heterocycles. The topological polar surface area (TPSA) is 56.7 Å². The van der Waals surface area contributed by atoms with Gasteiger partial charge >= 0.3 is 0 Å². The number of likely N-dealkylation sites (tertiary alicyclic amines) is 1. The van der Waals surface area contributed by atoms with Gasteiger partial charge in [-0.05, 0) is 38.0 Å². The fourth-order valence-corrected chi connectivity index (χ4v) is 2.93. The zero-order valence-corrected chi connectivity index (χ0v) is 14.8. The SMILES string of the molecule is CCC(CCNC(=NC)NCCCC(C)C)N1CCCC1=O. The lowest BCUT2D eigenvalue weighted by atomic mass is 10.1. The highest BCUT2D eigenvalue weighted by atomic mass is 16.2. The summed E-state index contributed by atoms with van der Waals surface area (Å²) in [6.07, 6.45) is 6.14. The van der Waals surface area contributed by atoms with E-state index in [2.05, 4.69) is 41.3 Å². The molecule has 0 aliphatic carbocycles. The van der Waals surface area contributed by atoms with Crippen molar-refractivity contribution in [2.75, 3.05) is 26.7 Å². The molecular weight excluding hydrogens is 276 g/mol. The van der Waals surface area contributed by atoms with Crippen molar-refractivity contribution < 1.29 is 4.79 Å². The molecule has 5 heteroatoms. The summed E-state index contributed by atoms with van der Waals surface area (Å²) in [5, 5.41) is 6.71. The van der Waals surface area contributed by atoms with E-state index in [9.17, 15) is 4.79 Å². The Hall–Kier alpha value is -1.26. The fourth-order valence-electron chi connectivity index (χ4n) is 2.93. The second-order valence-corrected chi connectivity index (χ2v) is 6.50. The quantitative estimate of drug-likeness (QED) is 0.390. The van der Waals surface area contributed by atoms with Gasteiger partial charge < -0.3 is 15.5 Å². The first-order chi connectivity index (χ1) is 10.6. The smallest absolute Gasteiger partial charge is 0.222 e. The van der Waals surface area contributed by atoms with Gasteiger partial charge in [-0.25, -0.2) is 0 Å². The van der Waals surface area contributed by atoms with Crippen LogP contribution < -0.4 is 10.6 Å². The molecule has 0 aromatic carbocycles. The number of guanidine groups is 1. The van der Waals surface area contributed by atoms with Gasteiger partial charge in [0.15, 0.2) is 5.96 Å². The van der Waals surface area contributed by atoms with Gasteiger partial charge in [-0.2, -0.15) is 0 Å². The Morgan fingerprint density at radius 1 is 1.27 bits per heavy atom. The van der Waals surface area contributed by atoms with Gasteiger partial charge in [0.1, 0.15) is 0 Å². The molecule has 0 aromatic rings. The molecule has 0 radical (unpaired) electrons. The molecule has 1 aliphatic rings. The Kier molecular flexibility index (Phi) is 8.94. The minimum atomic E-state index is 0.322. The minimum absolute atomic E-state index is 0.322. The van der Waals surface area contributed by atoms with Crippen molar-refractivity contribution in [3.63, 3.8) is 0 Å². The molecule has 1 atom stereocenters. The highest BCUT2D eigenvalue weighted by Crippen LogP contribution is 2.17. The van der Waals surface area contributed by atoms with Gasteiger partial charge in [0.2, 0.25) is 5.91 Å². The van der Waals surface area contributed by atoms with Crippen molar-refractivity contribution in [2.24, 2.45) is 10.9 Å². The molecule has 0 saturated carbocycles. The van der Waals surface area contributed by atoms with Crippen LogP contribution in [0.4, 0.5) is 0 Å². The Labute approximate surface area is 135 Å². The van der Waals surface area contributed by atoms with Gasteiger partial charge in [0.05, 0.1) is 0 Å². The van der Waals surface area contributed by atoms with E-state index in [0.29, 0.717) is 11.9 Å². The van der Waals surface area contributed by atoms with E-state index in [4.69, 9.17) is 0 Å². The van der Waals surface area contributed by atoms with Gasteiger partial charge in [-0.1, -0.05) is 20.8 Å². The summed E-state index contributed by atoms with van der Waals surface area (Å²) in [6.45, 7) is 9.40. The third kappa shape index (κ3) is 6.67. The highest BCUT2D eigenvalue weighted by molar-refractivity contribution is 5.79. The summed E-state index contributed by atoms with van der Waals surface area (Å²) in [4.78, 5) is 18.1. The predicted molar refractivity (Wildman–Crippen MR) is 93.1 cm³/mol. The molecule has 1 amide bonds. The standard InChI is InChI=1S/C17H34N4O/c1-5-15(21-13-7-9-16(21)22)10-12-20-17(18-4)19-11-6-8-14(2)3/h14-15H,5-13H2,1-4H3,(H2,18,19,20). The van der Waals surface area contributed by atoms with E-state index in [1.807, 2.05) is 0 Å². The third-order valence-electron chi connectivity index (χ3n) is 4.27. The lowest BCUT2D eigenvalue weighted by molar-refractivity contribution is -0.129. The zero-order chi connectivity index (χ0) is 16.4. The molecule has 1 saturated heterocycles. The Morgan fingerprint density at radius 3 is 2.55 bits per heavy atom. The summed E-state index contributed by atoms with van der Waals surface area (Å²) in [5.41, 5.74) is 0. The number of hydrogen-bond donors (Lipinski definition) is 2. The lowest BCUT2D eigenvalue weighted by Gasteiger charge is -2.27. The Morgan fingerprint density at radius 2 is 2.00 bits per heavy atom. The number of nitrogens with zero attached hydrogens (tertiary/aromatic N) is 2. The predicted octanol–water partition coefficient (Wildman–Crippen LogP) is 2.38. The van der Waals surface area contributed by atoms with Crippen molar-refractivity contribution in [3.05, 3.63) is 0 Å². The van der Waals surface area contributed by atoms with Crippen molar-refractivity contribution >= 4 is 11.9 Å². The molecule has 0 bridgehead atoms. The van der Waals surface area contributed by atoms with Crippen molar-refractivity contribution in [3.8, 4) is 0 Å². The first kappa shape index (κ1) is 18.8. The molecular formula is C17H34N4O. The average Bonchev–Trinajstić information content (AvgIpc) is 2.91. The van der Waals surface area contributed by atoms with Crippen LogP contribution in [0.25, 0.3) is 0 Å². The number of hydrogen-bond acceptors (Lipinski definition) is 2. The summed E-state index contributed by atoms with van der Waals surface area (Å²) in [7, 11) is 1.80. The van der Waals surface area contributed by atoms with E-state index in [1.54, 1.807) is 7.05 Å². The van der Waals surface area contributed by atoms with E-state index in [0.717, 1.165) is 63.6 Å². The third-order valence-corrected chi connectivity index (χ3v) is 4.27. The number of carbonyl (C=O) groups excluding carboxylic acids is 1. The molecule has 0 spiro atoms. The minimum Gasteiger partial charge on any atom is -0.356 e. The van der Waals surface area contributed by atoms with Gasteiger partial charge in [0.25, 0.3) is 0 Å². The van der Waals surface area contributed by atoms with Crippen LogP contribution >= 0.6 is 0 Å². The van der Waals surface area contributed by atoms with Crippen LogP contribution in [0.5, 0.6) is 0 Å². The van der Waals surface area contributed by atoms with E-state index in [1.165, 1.54) is 6.42 Å². The molecule has 2 N–H and O–H groups in total. The molecule has 128 valence electrons. The molecule has 5 nitrogen and oxygen atoms in total. The maximum absolute atomic E-state index is 11.8. The molecule has 1 fully saturated rings. The maximum Gasteiger partial charge on any atom is 0.222 e. The molecule has 0 aromatic heterocycles. The molecule has 1 rings (SSSR count). The van der Waals surface area contributed by atoms with Crippen molar-refractivity contribution in [1.29, 1.82) is 0 Å². The summed E-state index contributed by atoms with van der Waals surface area (Å²) in [6, 6.07) is 0.363.